The van der Waals surface area contributed by atoms with Crippen molar-refractivity contribution in [1.82, 2.24) is 9.29 Å². The van der Waals surface area contributed by atoms with Crippen molar-refractivity contribution in [3.05, 3.63) is 28.7 Å². The van der Waals surface area contributed by atoms with Crippen molar-refractivity contribution in [3.8, 4) is 0 Å². The van der Waals surface area contributed by atoms with Crippen LogP contribution >= 0.6 is 0 Å². The van der Waals surface area contributed by atoms with Crippen LogP contribution in [0.3, 0.4) is 0 Å². The molecule has 0 aliphatic heterocycles. The number of hydrogen-bond acceptors (Lipinski definition) is 4. The normalized spacial score (nSPS) is 16.4. The van der Waals surface area contributed by atoms with Crippen LogP contribution in [0.5, 0.6) is 0 Å². The molecule has 1 heterocycles. The number of nitrogens with one attached hydrogen (secondary N) is 1. The summed E-state index contributed by atoms with van der Waals surface area (Å²) >= 11 is 0. The number of nitrogens with zero attached hydrogens (tertiary/aromatic N) is 1. The molecule has 94 valence electrons. The van der Waals surface area contributed by atoms with Crippen LogP contribution in [0.25, 0.3) is 0 Å². The van der Waals surface area contributed by atoms with E-state index in [1.165, 1.54) is 22.6 Å². The number of rotatable bonds is 5. The predicted octanol–water partition coefficient (Wildman–Crippen LogP) is -0.480. The van der Waals surface area contributed by atoms with E-state index in [9.17, 15) is 13.2 Å². The number of pyridine rings is 1. The first kappa shape index (κ1) is 12.3. The molecule has 0 aromatic carbocycles. The number of hydrogen-bond donors (Lipinski definition) is 2. The first-order chi connectivity index (χ1) is 8.05. The molecule has 1 aliphatic rings. The van der Waals surface area contributed by atoms with Gasteiger partial charge in [0.25, 0.3) is 0 Å². The van der Waals surface area contributed by atoms with E-state index in [-0.39, 0.29) is 29.6 Å². The summed E-state index contributed by atoms with van der Waals surface area (Å²) in [5.74, 6) is 0. The van der Waals surface area contributed by atoms with E-state index in [1.807, 2.05) is 0 Å². The van der Waals surface area contributed by atoms with E-state index in [1.54, 1.807) is 0 Å². The van der Waals surface area contributed by atoms with Gasteiger partial charge in [0, 0.05) is 24.8 Å². The SMILES string of the molecule is O=c1ccc(S(=O)(=O)N(CCO)C2CC2)c[nH]1. The zero-order chi connectivity index (χ0) is 12.5. The Morgan fingerprint density at radius 2 is 2.12 bits per heavy atom. The average molecular weight is 258 g/mol. The quantitative estimate of drug-likeness (QED) is 0.746. The molecule has 2 N–H and O–H groups in total. The lowest BCUT2D eigenvalue weighted by molar-refractivity contribution is 0.250. The van der Waals surface area contributed by atoms with Gasteiger partial charge >= 0.3 is 0 Å². The molecule has 7 heteroatoms. The minimum atomic E-state index is -3.61. The second-order valence-corrected chi connectivity index (χ2v) is 5.85. The van der Waals surface area contributed by atoms with Gasteiger partial charge in [0.15, 0.2) is 0 Å². The Balaban J connectivity index is 2.33. The van der Waals surface area contributed by atoms with E-state index in [4.69, 9.17) is 5.11 Å². The average Bonchev–Trinajstić information content (AvgIpc) is 3.10. The summed E-state index contributed by atoms with van der Waals surface area (Å²) in [5.41, 5.74) is -0.343. The van der Waals surface area contributed by atoms with Crippen LogP contribution in [0.1, 0.15) is 12.8 Å². The van der Waals surface area contributed by atoms with Crippen LogP contribution in [0.4, 0.5) is 0 Å². The van der Waals surface area contributed by atoms with Crippen molar-refractivity contribution < 1.29 is 13.5 Å². The fraction of sp³-hybridized carbons (Fsp3) is 0.500. The molecule has 2 rings (SSSR count). The Kier molecular flexibility index (Phi) is 3.32. The third-order valence-electron chi connectivity index (χ3n) is 2.64. The number of sulfonamides is 1. The second kappa shape index (κ2) is 4.59. The maximum absolute atomic E-state index is 12.2. The summed E-state index contributed by atoms with van der Waals surface area (Å²) in [6.07, 6.45) is 2.83. The summed E-state index contributed by atoms with van der Waals surface area (Å²) in [7, 11) is -3.61. The van der Waals surface area contributed by atoms with Crippen LogP contribution in [0.15, 0.2) is 28.0 Å². The van der Waals surface area contributed by atoms with Crippen LogP contribution in [-0.2, 0) is 10.0 Å². The molecule has 1 fully saturated rings. The molecule has 0 saturated heterocycles. The number of aromatic amines is 1. The molecule has 17 heavy (non-hydrogen) atoms. The number of aliphatic hydroxyl groups is 1. The molecule has 0 unspecified atom stereocenters. The fourth-order valence-electron chi connectivity index (χ4n) is 1.65. The Morgan fingerprint density at radius 1 is 1.41 bits per heavy atom. The smallest absolute Gasteiger partial charge is 0.247 e. The van der Waals surface area contributed by atoms with Crippen LogP contribution in [0.2, 0.25) is 0 Å². The van der Waals surface area contributed by atoms with Gasteiger partial charge in [0.1, 0.15) is 0 Å². The molecule has 0 radical (unpaired) electrons. The van der Waals surface area contributed by atoms with Gasteiger partial charge in [-0.25, -0.2) is 8.42 Å². The second-order valence-electron chi connectivity index (χ2n) is 3.96. The summed E-state index contributed by atoms with van der Waals surface area (Å²) in [6, 6.07) is 2.44. The molecule has 0 bridgehead atoms. The lowest BCUT2D eigenvalue weighted by Crippen LogP contribution is -2.35. The van der Waals surface area contributed by atoms with E-state index in [0.717, 1.165) is 12.8 Å². The number of H-pyrrole nitrogens is 1. The molecule has 1 saturated carbocycles. The van der Waals surface area contributed by atoms with E-state index in [2.05, 4.69) is 4.98 Å². The third-order valence-corrected chi connectivity index (χ3v) is 4.58. The summed E-state index contributed by atoms with van der Waals surface area (Å²) in [5, 5.41) is 8.90. The van der Waals surface area contributed by atoms with Crippen molar-refractivity contribution in [1.29, 1.82) is 0 Å². The minimum Gasteiger partial charge on any atom is -0.395 e. The molecule has 1 aromatic heterocycles. The predicted molar refractivity (Wildman–Crippen MR) is 61.1 cm³/mol. The standard InChI is InChI=1S/C10H14N2O4S/c13-6-5-12(8-1-2-8)17(15,16)9-3-4-10(14)11-7-9/h3-4,7-8,13H,1-2,5-6H2,(H,11,14). The Morgan fingerprint density at radius 3 is 2.59 bits per heavy atom. The first-order valence-electron chi connectivity index (χ1n) is 5.37. The summed E-state index contributed by atoms with van der Waals surface area (Å²) in [6.45, 7) is -0.120. The fourth-order valence-corrected chi connectivity index (χ4v) is 3.30. The zero-order valence-electron chi connectivity index (χ0n) is 9.17. The number of aromatic nitrogens is 1. The van der Waals surface area contributed by atoms with Crippen molar-refractivity contribution in [2.24, 2.45) is 0 Å². The lowest BCUT2D eigenvalue weighted by Gasteiger charge is -2.20. The van der Waals surface area contributed by atoms with Crippen molar-refractivity contribution in [3.63, 3.8) is 0 Å². The maximum atomic E-state index is 12.2. The van der Waals surface area contributed by atoms with E-state index in [0.29, 0.717) is 0 Å². The van der Waals surface area contributed by atoms with Gasteiger partial charge in [-0.05, 0) is 18.9 Å². The summed E-state index contributed by atoms with van der Waals surface area (Å²) in [4.78, 5) is 13.3. The molecule has 0 atom stereocenters. The molecular weight excluding hydrogens is 244 g/mol. The van der Waals surface area contributed by atoms with Crippen molar-refractivity contribution in [2.75, 3.05) is 13.2 Å². The summed E-state index contributed by atoms with van der Waals surface area (Å²) < 4.78 is 25.7. The first-order valence-corrected chi connectivity index (χ1v) is 6.81. The highest BCUT2D eigenvalue weighted by Crippen LogP contribution is 2.31. The molecule has 1 aromatic rings. The molecule has 1 aliphatic carbocycles. The highest BCUT2D eigenvalue weighted by molar-refractivity contribution is 7.89. The maximum Gasteiger partial charge on any atom is 0.247 e. The number of aliphatic hydroxyl groups excluding tert-OH is 1. The van der Waals surface area contributed by atoms with E-state index < -0.39 is 10.0 Å². The Labute approximate surface area is 98.9 Å². The highest BCUT2D eigenvalue weighted by atomic mass is 32.2. The Bertz CT molecular complexity index is 527. The largest absolute Gasteiger partial charge is 0.395 e. The lowest BCUT2D eigenvalue weighted by atomic mass is 10.5. The van der Waals surface area contributed by atoms with Crippen LogP contribution < -0.4 is 5.56 Å². The molecule has 0 spiro atoms. The highest BCUT2D eigenvalue weighted by Gasteiger charge is 2.37. The van der Waals surface area contributed by atoms with Crippen molar-refractivity contribution in [2.45, 2.75) is 23.8 Å². The van der Waals surface area contributed by atoms with Gasteiger partial charge in [-0.2, -0.15) is 4.31 Å². The molecular formula is C10H14N2O4S. The molecule has 0 amide bonds. The Hall–Kier alpha value is -1.18. The van der Waals surface area contributed by atoms with Crippen molar-refractivity contribution >= 4 is 10.0 Å². The third kappa shape index (κ3) is 2.56. The van der Waals surface area contributed by atoms with Crippen LogP contribution in [0, 0.1) is 0 Å². The van der Waals surface area contributed by atoms with Gasteiger partial charge in [-0.15, -0.1) is 0 Å². The molecule has 6 nitrogen and oxygen atoms in total. The van der Waals surface area contributed by atoms with Gasteiger partial charge in [0.05, 0.1) is 11.5 Å². The topological polar surface area (TPSA) is 90.5 Å². The van der Waals surface area contributed by atoms with E-state index >= 15 is 0 Å². The van der Waals surface area contributed by atoms with Gasteiger partial charge in [0.2, 0.25) is 15.6 Å². The minimum absolute atomic E-state index is 0.0147. The van der Waals surface area contributed by atoms with Gasteiger partial charge in [-0.1, -0.05) is 0 Å². The monoisotopic (exact) mass is 258 g/mol. The van der Waals surface area contributed by atoms with Crippen LogP contribution in [-0.4, -0.2) is 42.0 Å². The van der Waals surface area contributed by atoms with Gasteiger partial charge in [-0.3, -0.25) is 4.79 Å². The zero-order valence-corrected chi connectivity index (χ0v) is 9.98. The van der Waals surface area contributed by atoms with Gasteiger partial charge < -0.3 is 10.1 Å².